The highest BCUT2D eigenvalue weighted by molar-refractivity contribution is 5.91. The van der Waals surface area contributed by atoms with Gasteiger partial charge in [0.2, 0.25) is 5.91 Å². The van der Waals surface area contributed by atoms with Crippen LogP contribution in [-0.2, 0) is 11.2 Å². The Morgan fingerprint density at radius 2 is 1.94 bits per heavy atom. The lowest BCUT2D eigenvalue weighted by atomic mass is 10.0. The van der Waals surface area contributed by atoms with Crippen molar-refractivity contribution in [1.82, 2.24) is 5.32 Å². The maximum atomic E-state index is 11.7. The summed E-state index contributed by atoms with van der Waals surface area (Å²) in [7, 11) is 0. The second kappa shape index (κ2) is 6.79. The van der Waals surface area contributed by atoms with E-state index in [0.29, 0.717) is 18.0 Å². The zero-order valence-corrected chi connectivity index (χ0v) is 10.8. The van der Waals surface area contributed by atoms with E-state index in [1.165, 1.54) is 6.07 Å². The van der Waals surface area contributed by atoms with Crippen molar-refractivity contribution in [3.63, 3.8) is 0 Å². The van der Waals surface area contributed by atoms with Crippen LogP contribution in [-0.4, -0.2) is 23.5 Å². The van der Waals surface area contributed by atoms with Crippen LogP contribution in [0, 0.1) is 5.92 Å². The first kappa shape index (κ1) is 14.2. The monoisotopic (exact) mass is 249 g/mol. The van der Waals surface area contributed by atoms with Crippen LogP contribution in [0.2, 0.25) is 0 Å². The number of carboxylic acid groups (broad SMARTS) is 1. The third kappa shape index (κ3) is 4.57. The molecule has 0 aliphatic rings. The lowest BCUT2D eigenvalue weighted by Gasteiger charge is -2.08. The van der Waals surface area contributed by atoms with Crippen molar-refractivity contribution in [3.05, 3.63) is 35.4 Å². The molecule has 0 fully saturated rings. The largest absolute Gasteiger partial charge is 0.478 e. The fraction of sp³-hybridized carbons (Fsp3) is 0.429. The fourth-order valence-corrected chi connectivity index (χ4v) is 1.62. The quantitative estimate of drug-likeness (QED) is 0.811. The molecule has 1 aromatic carbocycles. The molecule has 0 spiro atoms. The van der Waals surface area contributed by atoms with Crippen LogP contribution in [0.25, 0.3) is 0 Å². The topological polar surface area (TPSA) is 66.4 Å². The molecule has 0 atom stereocenters. The molecule has 1 rings (SSSR count). The van der Waals surface area contributed by atoms with Crippen LogP contribution in [0.1, 0.15) is 36.2 Å². The number of aromatic carboxylic acids is 1. The first-order valence-corrected chi connectivity index (χ1v) is 6.08. The summed E-state index contributed by atoms with van der Waals surface area (Å²) in [5.74, 6) is -0.596. The van der Waals surface area contributed by atoms with E-state index in [9.17, 15) is 9.59 Å². The van der Waals surface area contributed by atoms with Crippen molar-refractivity contribution >= 4 is 11.9 Å². The average molecular weight is 249 g/mol. The fourth-order valence-electron chi connectivity index (χ4n) is 1.62. The molecule has 0 aliphatic heterocycles. The molecule has 0 aromatic heterocycles. The minimum Gasteiger partial charge on any atom is -0.478 e. The van der Waals surface area contributed by atoms with Gasteiger partial charge in [0, 0.05) is 6.54 Å². The third-order valence-electron chi connectivity index (χ3n) is 2.64. The van der Waals surface area contributed by atoms with Gasteiger partial charge in [0.15, 0.2) is 0 Å². The van der Waals surface area contributed by atoms with Gasteiger partial charge in [-0.2, -0.15) is 0 Å². The normalized spacial score (nSPS) is 10.4. The van der Waals surface area contributed by atoms with E-state index in [2.05, 4.69) is 19.2 Å². The summed E-state index contributed by atoms with van der Waals surface area (Å²) in [6, 6.07) is 6.58. The minimum atomic E-state index is -0.999. The Bertz CT molecular complexity index is 427. The number of hydrogen-bond donors (Lipinski definition) is 2. The maximum absolute atomic E-state index is 11.7. The zero-order chi connectivity index (χ0) is 13.5. The summed E-state index contributed by atoms with van der Waals surface area (Å²) < 4.78 is 0. The smallest absolute Gasteiger partial charge is 0.335 e. The van der Waals surface area contributed by atoms with Crippen LogP contribution >= 0.6 is 0 Å². The standard InChI is InChI=1S/C14H19NO3/c1-10(2)7-8-15-13(16)9-11-5-3-4-6-12(11)14(17)18/h3-6,10H,7-9H2,1-2H3,(H,15,16)(H,17,18). The molecule has 0 radical (unpaired) electrons. The second-order valence-corrected chi connectivity index (χ2v) is 4.67. The van der Waals surface area contributed by atoms with E-state index in [1.54, 1.807) is 18.2 Å². The van der Waals surface area contributed by atoms with Crippen molar-refractivity contribution < 1.29 is 14.7 Å². The molecular formula is C14H19NO3. The molecular weight excluding hydrogens is 230 g/mol. The van der Waals surface area contributed by atoms with Crippen LogP contribution < -0.4 is 5.32 Å². The molecule has 1 aromatic rings. The van der Waals surface area contributed by atoms with Crippen molar-refractivity contribution in [2.75, 3.05) is 6.54 Å². The van der Waals surface area contributed by atoms with E-state index in [1.807, 2.05) is 0 Å². The Morgan fingerprint density at radius 1 is 1.28 bits per heavy atom. The summed E-state index contributed by atoms with van der Waals surface area (Å²) >= 11 is 0. The van der Waals surface area contributed by atoms with Gasteiger partial charge in [0.25, 0.3) is 0 Å². The van der Waals surface area contributed by atoms with E-state index in [-0.39, 0.29) is 17.9 Å². The van der Waals surface area contributed by atoms with E-state index < -0.39 is 5.97 Å². The van der Waals surface area contributed by atoms with Crippen molar-refractivity contribution in [2.45, 2.75) is 26.7 Å². The second-order valence-electron chi connectivity index (χ2n) is 4.67. The molecule has 0 unspecified atom stereocenters. The van der Waals surface area contributed by atoms with Gasteiger partial charge in [-0.15, -0.1) is 0 Å². The third-order valence-corrected chi connectivity index (χ3v) is 2.64. The summed E-state index contributed by atoms with van der Waals surface area (Å²) in [6.07, 6.45) is 1.03. The molecule has 2 N–H and O–H groups in total. The highest BCUT2D eigenvalue weighted by Gasteiger charge is 2.12. The van der Waals surface area contributed by atoms with Crippen molar-refractivity contribution in [1.29, 1.82) is 0 Å². The van der Waals surface area contributed by atoms with Gasteiger partial charge >= 0.3 is 5.97 Å². The average Bonchev–Trinajstić information content (AvgIpc) is 2.28. The molecule has 0 bridgehead atoms. The predicted molar refractivity (Wildman–Crippen MR) is 69.6 cm³/mol. The number of carboxylic acids is 1. The maximum Gasteiger partial charge on any atom is 0.335 e. The van der Waals surface area contributed by atoms with Crippen LogP contribution in [0.4, 0.5) is 0 Å². The lowest BCUT2D eigenvalue weighted by Crippen LogP contribution is -2.27. The van der Waals surface area contributed by atoms with Gasteiger partial charge in [-0.3, -0.25) is 4.79 Å². The predicted octanol–water partition coefficient (Wildman–Crippen LogP) is 2.09. The van der Waals surface area contributed by atoms with Crippen molar-refractivity contribution in [3.8, 4) is 0 Å². The van der Waals surface area contributed by atoms with Gasteiger partial charge in [-0.05, 0) is 24.0 Å². The molecule has 18 heavy (non-hydrogen) atoms. The zero-order valence-electron chi connectivity index (χ0n) is 10.8. The van der Waals surface area contributed by atoms with E-state index in [4.69, 9.17) is 5.11 Å². The number of rotatable bonds is 6. The van der Waals surface area contributed by atoms with Gasteiger partial charge in [0.1, 0.15) is 0 Å². The Hall–Kier alpha value is -1.84. The van der Waals surface area contributed by atoms with Gasteiger partial charge in [-0.1, -0.05) is 32.0 Å². The summed E-state index contributed by atoms with van der Waals surface area (Å²) in [5.41, 5.74) is 0.739. The van der Waals surface area contributed by atoms with Crippen molar-refractivity contribution in [2.24, 2.45) is 5.92 Å². The Balaban J connectivity index is 2.56. The Labute approximate surface area is 107 Å². The summed E-state index contributed by atoms with van der Waals surface area (Å²) in [4.78, 5) is 22.6. The van der Waals surface area contributed by atoms with Crippen LogP contribution in [0.3, 0.4) is 0 Å². The molecule has 4 heteroatoms. The Morgan fingerprint density at radius 3 is 2.56 bits per heavy atom. The molecule has 0 saturated carbocycles. The highest BCUT2D eigenvalue weighted by atomic mass is 16.4. The summed E-state index contributed by atoms with van der Waals surface area (Å²) in [5, 5.41) is 11.8. The number of hydrogen-bond acceptors (Lipinski definition) is 2. The summed E-state index contributed by atoms with van der Waals surface area (Å²) in [6.45, 7) is 4.81. The molecule has 0 aliphatic carbocycles. The van der Waals surface area contributed by atoms with Gasteiger partial charge in [-0.25, -0.2) is 4.79 Å². The number of amides is 1. The van der Waals surface area contributed by atoms with Crippen LogP contribution in [0.15, 0.2) is 24.3 Å². The van der Waals surface area contributed by atoms with E-state index in [0.717, 1.165) is 6.42 Å². The lowest BCUT2D eigenvalue weighted by molar-refractivity contribution is -0.120. The van der Waals surface area contributed by atoms with Gasteiger partial charge in [0.05, 0.1) is 12.0 Å². The van der Waals surface area contributed by atoms with Gasteiger partial charge < -0.3 is 10.4 Å². The first-order valence-electron chi connectivity index (χ1n) is 6.08. The molecule has 1 amide bonds. The number of benzene rings is 1. The first-order chi connectivity index (χ1) is 8.50. The van der Waals surface area contributed by atoms with E-state index >= 15 is 0 Å². The molecule has 0 saturated heterocycles. The highest BCUT2D eigenvalue weighted by Crippen LogP contribution is 2.09. The number of carbonyl (C=O) groups excluding carboxylic acids is 1. The molecule has 0 heterocycles. The minimum absolute atomic E-state index is 0.112. The SMILES string of the molecule is CC(C)CCNC(=O)Cc1ccccc1C(=O)O. The number of nitrogens with one attached hydrogen (secondary N) is 1. The van der Waals surface area contributed by atoms with Crippen LogP contribution in [0.5, 0.6) is 0 Å². The molecule has 98 valence electrons. The molecule has 4 nitrogen and oxygen atoms in total. The number of carbonyl (C=O) groups is 2. The Kier molecular flexibility index (Phi) is 5.36.